The first-order chi connectivity index (χ1) is 9.69. The Kier molecular flexibility index (Phi) is 4.90. The van der Waals surface area contributed by atoms with Gasteiger partial charge in [0.2, 0.25) is 5.89 Å². The van der Waals surface area contributed by atoms with E-state index >= 15 is 0 Å². The summed E-state index contributed by atoms with van der Waals surface area (Å²) < 4.78 is 5.56. The Morgan fingerprint density at radius 3 is 2.80 bits per heavy atom. The first-order valence-corrected chi connectivity index (χ1v) is 10.2. The summed E-state index contributed by atoms with van der Waals surface area (Å²) in [5, 5.41) is 9.35. The number of rotatable bonds is 3. The molecule has 0 radical (unpaired) electrons. The molecule has 0 aromatic carbocycles. The molecular formula is C13H21N3OS3. The second-order valence-corrected chi connectivity index (χ2v) is 9.47. The third-order valence-corrected chi connectivity index (χ3v) is 8.64. The van der Waals surface area contributed by atoms with Crippen LogP contribution < -0.4 is 5.32 Å². The Morgan fingerprint density at radius 1 is 1.20 bits per heavy atom. The summed E-state index contributed by atoms with van der Waals surface area (Å²) >= 11 is 5.96. The van der Waals surface area contributed by atoms with Crippen molar-refractivity contribution in [2.75, 3.05) is 24.3 Å². The molecule has 20 heavy (non-hydrogen) atoms. The topological polar surface area (TPSA) is 51.0 Å². The molecule has 3 heterocycles. The van der Waals surface area contributed by atoms with Crippen molar-refractivity contribution >= 4 is 35.3 Å². The SMILES string of the molecule is CNC1CSCC1c1nc(C2CSC(C)C(C)S2)no1. The van der Waals surface area contributed by atoms with E-state index in [-0.39, 0.29) is 0 Å². The second kappa shape index (κ2) is 6.50. The second-order valence-electron chi connectivity index (χ2n) is 5.40. The molecule has 2 saturated heterocycles. The van der Waals surface area contributed by atoms with Crippen molar-refractivity contribution in [1.82, 2.24) is 15.5 Å². The quantitative estimate of drug-likeness (QED) is 0.914. The maximum absolute atomic E-state index is 5.56. The number of thioether (sulfide) groups is 3. The van der Waals surface area contributed by atoms with E-state index in [0.29, 0.717) is 27.7 Å². The van der Waals surface area contributed by atoms with Gasteiger partial charge < -0.3 is 9.84 Å². The van der Waals surface area contributed by atoms with Crippen LogP contribution in [0.5, 0.6) is 0 Å². The van der Waals surface area contributed by atoms with Gasteiger partial charge in [-0.25, -0.2) is 0 Å². The van der Waals surface area contributed by atoms with Crippen molar-refractivity contribution in [1.29, 1.82) is 0 Å². The Bertz CT molecular complexity index is 456. The molecule has 3 rings (SSSR count). The molecule has 1 aromatic heterocycles. The molecule has 1 N–H and O–H groups in total. The average Bonchev–Trinajstić information content (AvgIpc) is 3.09. The summed E-state index contributed by atoms with van der Waals surface area (Å²) in [7, 11) is 2.01. The summed E-state index contributed by atoms with van der Waals surface area (Å²) in [6.45, 7) is 4.59. The number of nitrogens with one attached hydrogen (secondary N) is 1. The summed E-state index contributed by atoms with van der Waals surface area (Å²) in [4.78, 5) is 4.71. The molecule has 0 saturated carbocycles. The summed E-state index contributed by atoms with van der Waals surface area (Å²) in [6, 6.07) is 0.459. The van der Waals surface area contributed by atoms with Crippen LogP contribution in [-0.4, -0.2) is 51.0 Å². The van der Waals surface area contributed by atoms with Crippen LogP contribution in [0.15, 0.2) is 4.52 Å². The number of aromatic nitrogens is 2. The fourth-order valence-corrected chi connectivity index (χ4v) is 6.78. The zero-order valence-electron chi connectivity index (χ0n) is 12.0. The molecule has 2 aliphatic heterocycles. The molecule has 1 aromatic rings. The predicted molar refractivity (Wildman–Crippen MR) is 88.9 cm³/mol. The molecule has 4 nitrogen and oxygen atoms in total. The van der Waals surface area contributed by atoms with Gasteiger partial charge in [0.05, 0.1) is 11.2 Å². The number of nitrogens with zero attached hydrogens (tertiary/aromatic N) is 2. The van der Waals surface area contributed by atoms with Crippen molar-refractivity contribution in [3.05, 3.63) is 11.7 Å². The molecule has 0 bridgehead atoms. The van der Waals surface area contributed by atoms with E-state index < -0.39 is 0 Å². The lowest BCUT2D eigenvalue weighted by molar-refractivity contribution is 0.340. The maximum atomic E-state index is 5.56. The fourth-order valence-electron chi connectivity index (χ4n) is 2.53. The molecule has 112 valence electrons. The average molecular weight is 332 g/mol. The Labute approximate surface area is 133 Å². The van der Waals surface area contributed by atoms with Crippen molar-refractivity contribution in [2.45, 2.75) is 41.6 Å². The highest BCUT2D eigenvalue weighted by Gasteiger charge is 2.35. The Hall–Kier alpha value is 0.150. The lowest BCUT2D eigenvalue weighted by atomic mass is 10.0. The number of hydrogen-bond donors (Lipinski definition) is 1. The smallest absolute Gasteiger partial charge is 0.232 e. The minimum Gasteiger partial charge on any atom is -0.339 e. The monoisotopic (exact) mass is 331 g/mol. The van der Waals surface area contributed by atoms with Gasteiger partial charge in [0.25, 0.3) is 0 Å². The van der Waals surface area contributed by atoms with Gasteiger partial charge in [-0.2, -0.15) is 28.5 Å². The van der Waals surface area contributed by atoms with Gasteiger partial charge >= 0.3 is 0 Å². The Morgan fingerprint density at radius 2 is 2.05 bits per heavy atom. The van der Waals surface area contributed by atoms with E-state index in [0.717, 1.165) is 29.0 Å². The molecule has 7 heteroatoms. The predicted octanol–water partition coefficient (Wildman–Crippen LogP) is 2.79. The molecule has 5 atom stereocenters. The van der Waals surface area contributed by atoms with Crippen molar-refractivity contribution in [3.8, 4) is 0 Å². The molecule has 0 spiro atoms. The zero-order valence-corrected chi connectivity index (χ0v) is 14.5. The highest BCUT2D eigenvalue weighted by Crippen LogP contribution is 2.43. The van der Waals surface area contributed by atoms with Gasteiger partial charge in [-0.15, -0.1) is 11.8 Å². The van der Waals surface area contributed by atoms with Crippen molar-refractivity contribution in [2.24, 2.45) is 0 Å². The normalized spacial score (nSPS) is 38.2. The number of hydrogen-bond acceptors (Lipinski definition) is 7. The van der Waals surface area contributed by atoms with Crippen LogP contribution in [0.4, 0.5) is 0 Å². The van der Waals surface area contributed by atoms with Crippen molar-refractivity contribution < 1.29 is 4.52 Å². The zero-order chi connectivity index (χ0) is 14.1. The van der Waals surface area contributed by atoms with Gasteiger partial charge in [-0.1, -0.05) is 19.0 Å². The third kappa shape index (κ3) is 3.00. The molecule has 5 unspecified atom stereocenters. The Balaban J connectivity index is 1.70. The van der Waals surface area contributed by atoms with Crippen LogP contribution in [0.1, 0.15) is 36.7 Å². The lowest BCUT2D eigenvalue weighted by Crippen LogP contribution is -2.31. The van der Waals surface area contributed by atoms with Crippen LogP contribution in [0.25, 0.3) is 0 Å². The largest absolute Gasteiger partial charge is 0.339 e. The summed E-state index contributed by atoms with van der Waals surface area (Å²) in [5.74, 6) is 5.37. The summed E-state index contributed by atoms with van der Waals surface area (Å²) in [6.07, 6.45) is 0. The highest BCUT2D eigenvalue weighted by atomic mass is 32.2. The first kappa shape index (κ1) is 15.1. The third-order valence-electron chi connectivity index (χ3n) is 4.06. The van der Waals surface area contributed by atoms with E-state index in [1.165, 1.54) is 0 Å². The molecular weight excluding hydrogens is 310 g/mol. The van der Waals surface area contributed by atoms with E-state index in [2.05, 4.69) is 24.3 Å². The minimum absolute atomic E-state index is 0.365. The molecule has 0 amide bonds. The van der Waals surface area contributed by atoms with Crippen molar-refractivity contribution in [3.63, 3.8) is 0 Å². The van der Waals surface area contributed by atoms with E-state index in [1.54, 1.807) is 0 Å². The number of likely N-dealkylation sites (N-methyl/N-ethyl adjacent to an activating group) is 1. The fraction of sp³-hybridized carbons (Fsp3) is 0.846. The summed E-state index contributed by atoms with van der Waals surface area (Å²) in [5.41, 5.74) is 0. The maximum Gasteiger partial charge on any atom is 0.232 e. The molecule has 2 aliphatic rings. The van der Waals surface area contributed by atoms with E-state index in [9.17, 15) is 0 Å². The minimum atomic E-state index is 0.365. The van der Waals surface area contributed by atoms with Gasteiger partial charge in [0, 0.05) is 33.8 Å². The van der Waals surface area contributed by atoms with E-state index in [4.69, 9.17) is 9.51 Å². The lowest BCUT2D eigenvalue weighted by Gasteiger charge is -2.29. The van der Waals surface area contributed by atoms with Crippen LogP contribution in [0.3, 0.4) is 0 Å². The van der Waals surface area contributed by atoms with Gasteiger partial charge in [-0.3, -0.25) is 0 Å². The first-order valence-electron chi connectivity index (χ1n) is 7.04. The van der Waals surface area contributed by atoms with Crippen LogP contribution in [-0.2, 0) is 0 Å². The molecule has 0 aliphatic carbocycles. The van der Waals surface area contributed by atoms with Gasteiger partial charge in [0.1, 0.15) is 0 Å². The van der Waals surface area contributed by atoms with Gasteiger partial charge in [0.15, 0.2) is 5.82 Å². The van der Waals surface area contributed by atoms with Crippen LogP contribution in [0, 0.1) is 0 Å². The van der Waals surface area contributed by atoms with Gasteiger partial charge in [-0.05, 0) is 7.05 Å². The molecule has 2 fully saturated rings. The highest BCUT2D eigenvalue weighted by molar-refractivity contribution is 8.07. The van der Waals surface area contributed by atoms with Crippen LogP contribution in [0.2, 0.25) is 0 Å². The standard InChI is InChI=1S/C13H21N3OS3/c1-7-8(2)20-11(6-19-7)12-15-13(17-16-12)9-4-18-5-10(9)14-3/h7-11,14H,4-6H2,1-3H3. The van der Waals surface area contributed by atoms with E-state index in [1.807, 2.05) is 42.3 Å². The van der Waals surface area contributed by atoms with Crippen LogP contribution >= 0.6 is 35.3 Å².